The van der Waals surface area contributed by atoms with Crippen molar-refractivity contribution in [2.24, 2.45) is 5.92 Å². The van der Waals surface area contributed by atoms with Gasteiger partial charge in [0, 0.05) is 18.0 Å². The molecule has 1 amide bonds. The van der Waals surface area contributed by atoms with E-state index in [0.29, 0.717) is 43.2 Å². The molecule has 0 bridgehead atoms. The van der Waals surface area contributed by atoms with Crippen LogP contribution in [0.15, 0.2) is 23.1 Å². The van der Waals surface area contributed by atoms with Crippen molar-refractivity contribution in [1.29, 1.82) is 0 Å². The summed E-state index contributed by atoms with van der Waals surface area (Å²) in [6.07, 6.45) is 1.33. The lowest BCUT2D eigenvalue weighted by Gasteiger charge is -2.30. The van der Waals surface area contributed by atoms with Crippen molar-refractivity contribution in [1.82, 2.24) is 4.90 Å². The first-order valence-corrected chi connectivity index (χ1v) is 8.78. The molecule has 1 aliphatic heterocycles. The van der Waals surface area contributed by atoms with Crippen molar-refractivity contribution in [3.05, 3.63) is 18.2 Å². The molecular weight excluding hydrogens is 330 g/mol. The Morgan fingerprint density at radius 3 is 2.38 bits per heavy atom. The fourth-order valence-electron chi connectivity index (χ4n) is 2.67. The summed E-state index contributed by atoms with van der Waals surface area (Å²) in [4.78, 5) is 26.6. The Morgan fingerprint density at radius 1 is 1.12 bits per heavy atom. The second-order valence-corrected chi connectivity index (χ2v) is 6.53. The van der Waals surface area contributed by atoms with Crippen LogP contribution in [0.5, 0.6) is 11.5 Å². The van der Waals surface area contributed by atoms with Gasteiger partial charge in [-0.3, -0.25) is 9.59 Å². The molecule has 1 saturated heterocycles. The topological polar surface area (TPSA) is 65.1 Å². The number of likely N-dealkylation sites (tertiary alicyclic amines) is 1. The SMILES string of the molecule is COC(=O)C1CCN(C(=O)CSc2ccc(OC)c(OC)c2)CC1. The minimum Gasteiger partial charge on any atom is -0.493 e. The number of ether oxygens (including phenoxy) is 3. The fourth-order valence-corrected chi connectivity index (χ4v) is 3.50. The highest BCUT2D eigenvalue weighted by atomic mass is 32.2. The highest BCUT2D eigenvalue weighted by molar-refractivity contribution is 8.00. The van der Waals surface area contributed by atoms with Crippen molar-refractivity contribution >= 4 is 23.6 Å². The van der Waals surface area contributed by atoms with E-state index >= 15 is 0 Å². The van der Waals surface area contributed by atoms with Gasteiger partial charge in [0.2, 0.25) is 5.91 Å². The number of hydrogen-bond acceptors (Lipinski definition) is 6. The van der Waals surface area contributed by atoms with Crippen LogP contribution in [0.1, 0.15) is 12.8 Å². The lowest BCUT2D eigenvalue weighted by atomic mass is 9.97. The summed E-state index contributed by atoms with van der Waals surface area (Å²) in [5.74, 6) is 1.49. The quantitative estimate of drug-likeness (QED) is 0.577. The van der Waals surface area contributed by atoms with Crippen molar-refractivity contribution in [2.45, 2.75) is 17.7 Å². The molecule has 6 nitrogen and oxygen atoms in total. The number of amides is 1. The number of carbonyl (C=O) groups excluding carboxylic acids is 2. The fraction of sp³-hybridized carbons (Fsp3) is 0.529. The van der Waals surface area contributed by atoms with Crippen molar-refractivity contribution in [2.75, 3.05) is 40.2 Å². The zero-order valence-corrected chi connectivity index (χ0v) is 15.1. The van der Waals surface area contributed by atoms with Gasteiger partial charge in [0.1, 0.15) is 0 Å². The number of piperidine rings is 1. The van der Waals surface area contributed by atoms with Gasteiger partial charge in [-0.05, 0) is 31.0 Å². The van der Waals surface area contributed by atoms with Crippen LogP contribution in [0.3, 0.4) is 0 Å². The van der Waals surface area contributed by atoms with Crippen LogP contribution in [0.2, 0.25) is 0 Å². The summed E-state index contributed by atoms with van der Waals surface area (Å²) in [6, 6.07) is 5.59. The second-order valence-electron chi connectivity index (χ2n) is 5.48. The van der Waals surface area contributed by atoms with E-state index in [4.69, 9.17) is 14.2 Å². The van der Waals surface area contributed by atoms with Gasteiger partial charge in [-0.2, -0.15) is 0 Å². The van der Waals surface area contributed by atoms with Gasteiger partial charge in [-0.15, -0.1) is 11.8 Å². The predicted octanol–water partition coefficient (Wildman–Crippen LogP) is 2.21. The standard InChI is InChI=1S/C17H23NO5S/c1-21-14-5-4-13(10-15(14)22-2)24-11-16(19)18-8-6-12(7-9-18)17(20)23-3/h4-5,10,12H,6-9,11H2,1-3H3. The predicted molar refractivity (Wildman–Crippen MR) is 91.6 cm³/mol. The third-order valence-corrected chi connectivity index (χ3v) is 5.08. The molecule has 0 spiro atoms. The molecule has 0 N–H and O–H groups in total. The summed E-state index contributed by atoms with van der Waals surface area (Å²) in [5, 5.41) is 0. The number of benzene rings is 1. The molecule has 0 aliphatic carbocycles. The summed E-state index contributed by atoms with van der Waals surface area (Å²) < 4.78 is 15.2. The van der Waals surface area contributed by atoms with E-state index in [0.717, 1.165) is 4.90 Å². The van der Waals surface area contributed by atoms with E-state index in [2.05, 4.69) is 0 Å². The Hall–Kier alpha value is -1.89. The molecule has 24 heavy (non-hydrogen) atoms. The molecule has 1 heterocycles. The van der Waals surface area contributed by atoms with Gasteiger partial charge >= 0.3 is 5.97 Å². The van der Waals surface area contributed by atoms with E-state index in [1.165, 1.54) is 18.9 Å². The Bertz CT molecular complexity index is 584. The monoisotopic (exact) mass is 353 g/mol. The maximum absolute atomic E-state index is 12.3. The first-order chi connectivity index (χ1) is 11.6. The van der Waals surface area contributed by atoms with Crippen LogP contribution in [0.25, 0.3) is 0 Å². The molecule has 1 aromatic rings. The van der Waals surface area contributed by atoms with E-state index in [1.807, 2.05) is 23.1 Å². The van der Waals surface area contributed by atoms with Gasteiger partial charge in [-0.1, -0.05) is 0 Å². The van der Waals surface area contributed by atoms with E-state index < -0.39 is 0 Å². The normalized spacial score (nSPS) is 15.0. The van der Waals surface area contributed by atoms with Crippen LogP contribution in [-0.2, 0) is 14.3 Å². The minimum atomic E-state index is -0.179. The van der Waals surface area contributed by atoms with Crippen LogP contribution in [-0.4, -0.2) is 56.9 Å². The maximum Gasteiger partial charge on any atom is 0.308 e. The van der Waals surface area contributed by atoms with E-state index in [9.17, 15) is 9.59 Å². The van der Waals surface area contributed by atoms with Gasteiger partial charge in [0.15, 0.2) is 11.5 Å². The number of nitrogens with zero attached hydrogens (tertiary/aromatic N) is 1. The van der Waals surface area contributed by atoms with E-state index in [-0.39, 0.29) is 17.8 Å². The molecule has 0 unspecified atom stereocenters. The molecule has 0 atom stereocenters. The van der Waals surface area contributed by atoms with Crippen LogP contribution < -0.4 is 9.47 Å². The van der Waals surface area contributed by atoms with Crippen molar-refractivity contribution in [3.8, 4) is 11.5 Å². The first-order valence-electron chi connectivity index (χ1n) is 7.79. The summed E-state index contributed by atoms with van der Waals surface area (Å²) in [7, 11) is 4.58. The van der Waals surface area contributed by atoms with Crippen LogP contribution >= 0.6 is 11.8 Å². The average molecular weight is 353 g/mol. The number of methoxy groups -OCH3 is 3. The molecule has 1 aromatic carbocycles. The zero-order valence-electron chi connectivity index (χ0n) is 14.2. The Morgan fingerprint density at radius 2 is 1.79 bits per heavy atom. The molecular formula is C17H23NO5S. The third kappa shape index (κ3) is 4.56. The molecule has 132 valence electrons. The number of esters is 1. The average Bonchev–Trinajstić information content (AvgIpc) is 2.65. The van der Waals surface area contributed by atoms with Crippen molar-refractivity contribution < 1.29 is 23.8 Å². The Balaban J connectivity index is 1.84. The Labute approximate surface area is 146 Å². The Kier molecular flexibility index (Phi) is 6.78. The highest BCUT2D eigenvalue weighted by Gasteiger charge is 2.27. The number of carbonyl (C=O) groups is 2. The molecule has 7 heteroatoms. The molecule has 0 saturated carbocycles. The number of hydrogen-bond donors (Lipinski definition) is 0. The summed E-state index contributed by atoms with van der Waals surface area (Å²) in [5.41, 5.74) is 0. The van der Waals surface area contributed by atoms with Gasteiger partial charge in [-0.25, -0.2) is 0 Å². The lowest BCUT2D eigenvalue weighted by molar-refractivity contribution is -0.148. The lowest BCUT2D eigenvalue weighted by Crippen LogP contribution is -2.41. The first kappa shape index (κ1) is 18.4. The summed E-state index contributed by atoms with van der Waals surface area (Å²) in [6.45, 7) is 1.20. The summed E-state index contributed by atoms with van der Waals surface area (Å²) >= 11 is 1.46. The van der Waals surface area contributed by atoms with Gasteiger partial charge < -0.3 is 19.1 Å². The third-order valence-electron chi connectivity index (χ3n) is 4.10. The van der Waals surface area contributed by atoms with Gasteiger partial charge in [0.05, 0.1) is 33.0 Å². The number of thioether (sulfide) groups is 1. The van der Waals surface area contributed by atoms with E-state index in [1.54, 1.807) is 14.2 Å². The van der Waals surface area contributed by atoms with Crippen molar-refractivity contribution in [3.63, 3.8) is 0 Å². The zero-order chi connectivity index (χ0) is 17.5. The minimum absolute atomic E-state index is 0.0816. The smallest absolute Gasteiger partial charge is 0.308 e. The maximum atomic E-state index is 12.3. The molecule has 0 radical (unpaired) electrons. The molecule has 1 fully saturated rings. The van der Waals surface area contributed by atoms with Gasteiger partial charge in [0.25, 0.3) is 0 Å². The van der Waals surface area contributed by atoms with Crippen LogP contribution in [0, 0.1) is 5.92 Å². The molecule has 2 rings (SSSR count). The molecule has 0 aromatic heterocycles. The number of rotatable bonds is 6. The highest BCUT2D eigenvalue weighted by Crippen LogP contribution is 2.32. The van der Waals surface area contributed by atoms with Crippen LogP contribution in [0.4, 0.5) is 0 Å². The second kappa shape index (κ2) is 8.82. The largest absolute Gasteiger partial charge is 0.493 e. The molecule has 1 aliphatic rings.